The molecule has 17 heavy (non-hydrogen) atoms. The van der Waals surface area contributed by atoms with Crippen LogP contribution in [-0.2, 0) is 0 Å². The quantitative estimate of drug-likeness (QED) is 0.611. The topological polar surface area (TPSA) is 63.8 Å². The summed E-state index contributed by atoms with van der Waals surface area (Å²) >= 11 is 0. The zero-order chi connectivity index (χ0) is 12.4. The van der Waals surface area contributed by atoms with Gasteiger partial charge in [0.2, 0.25) is 5.95 Å². The van der Waals surface area contributed by atoms with Crippen LogP contribution in [-0.4, -0.2) is 9.97 Å². The van der Waals surface area contributed by atoms with Crippen molar-refractivity contribution in [2.75, 3.05) is 5.43 Å². The minimum Gasteiger partial charge on any atom is -0.292 e. The molecule has 0 bridgehead atoms. The second kappa shape index (κ2) is 4.51. The number of nitrogens with one attached hydrogen (secondary N) is 1. The van der Waals surface area contributed by atoms with Gasteiger partial charge in [-0.3, -0.25) is 5.43 Å². The van der Waals surface area contributed by atoms with E-state index in [0.29, 0.717) is 5.95 Å². The molecule has 0 amide bonds. The van der Waals surface area contributed by atoms with Crippen LogP contribution in [0.2, 0.25) is 0 Å². The van der Waals surface area contributed by atoms with E-state index < -0.39 is 0 Å². The van der Waals surface area contributed by atoms with Crippen LogP contribution in [0.25, 0.3) is 11.3 Å². The van der Waals surface area contributed by atoms with E-state index in [0.717, 1.165) is 17.0 Å². The molecule has 4 heteroatoms. The average Bonchev–Trinajstić information content (AvgIpc) is 2.31. The maximum absolute atomic E-state index is 5.36. The summed E-state index contributed by atoms with van der Waals surface area (Å²) < 4.78 is 0. The van der Waals surface area contributed by atoms with E-state index in [-0.39, 0.29) is 0 Å². The minimum atomic E-state index is 0.445. The van der Waals surface area contributed by atoms with Gasteiger partial charge in [0.15, 0.2) is 0 Å². The van der Waals surface area contributed by atoms with Gasteiger partial charge in [-0.2, -0.15) is 0 Å². The van der Waals surface area contributed by atoms with Gasteiger partial charge in [0.25, 0.3) is 0 Å². The Kier molecular flexibility index (Phi) is 3.06. The maximum Gasteiger partial charge on any atom is 0.237 e. The molecular formula is C13H16N4. The van der Waals surface area contributed by atoms with Crippen LogP contribution in [0.3, 0.4) is 0 Å². The SMILES string of the molecule is Cc1ccc(C)c(-c2cc(C)nc(NN)n2)c1. The standard InChI is InChI=1S/C13H16N4/c1-8-4-5-9(2)11(6-8)12-7-10(3)15-13(16-12)17-14/h4-7H,14H2,1-3H3,(H,15,16,17). The summed E-state index contributed by atoms with van der Waals surface area (Å²) in [6.07, 6.45) is 0. The summed E-state index contributed by atoms with van der Waals surface area (Å²) in [4.78, 5) is 8.56. The Bertz CT molecular complexity index is 549. The van der Waals surface area contributed by atoms with E-state index >= 15 is 0 Å². The molecule has 0 unspecified atom stereocenters. The van der Waals surface area contributed by atoms with E-state index in [1.807, 2.05) is 13.0 Å². The monoisotopic (exact) mass is 228 g/mol. The number of nitrogens with two attached hydrogens (primary N) is 1. The molecule has 0 saturated heterocycles. The van der Waals surface area contributed by atoms with Gasteiger partial charge in [0, 0.05) is 11.3 Å². The first-order valence-electron chi connectivity index (χ1n) is 5.50. The lowest BCUT2D eigenvalue weighted by molar-refractivity contribution is 1.07. The van der Waals surface area contributed by atoms with Crippen molar-refractivity contribution in [1.29, 1.82) is 0 Å². The Morgan fingerprint density at radius 2 is 1.82 bits per heavy atom. The zero-order valence-electron chi connectivity index (χ0n) is 10.3. The molecule has 88 valence electrons. The lowest BCUT2D eigenvalue weighted by Gasteiger charge is -2.09. The maximum atomic E-state index is 5.36. The fourth-order valence-electron chi connectivity index (χ4n) is 1.78. The number of nitrogens with zero attached hydrogens (tertiary/aromatic N) is 2. The number of hydrogen-bond acceptors (Lipinski definition) is 4. The molecule has 0 aliphatic heterocycles. The van der Waals surface area contributed by atoms with Gasteiger partial charge in [-0.05, 0) is 38.5 Å². The number of aryl methyl sites for hydroxylation is 3. The molecule has 0 atom stereocenters. The van der Waals surface area contributed by atoms with Gasteiger partial charge < -0.3 is 0 Å². The van der Waals surface area contributed by atoms with Crippen molar-refractivity contribution in [3.8, 4) is 11.3 Å². The summed E-state index contributed by atoms with van der Waals surface area (Å²) in [5, 5.41) is 0. The molecule has 3 N–H and O–H groups in total. The molecule has 4 nitrogen and oxygen atoms in total. The van der Waals surface area contributed by atoms with Gasteiger partial charge in [0.05, 0.1) is 5.69 Å². The van der Waals surface area contributed by atoms with E-state index in [1.54, 1.807) is 0 Å². The Balaban J connectivity index is 2.59. The van der Waals surface area contributed by atoms with Crippen LogP contribution in [0.5, 0.6) is 0 Å². The molecule has 1 heterocycles. The van der Waals surface area contributed by atoms with Crippen LogP contribution in [0.4, 0.5) is 5.95 Å². The Morgan fingerprint density at radius 1 is 1.06 bits per heavy atom. The summed E-state index contributed by atoms with van der Waals surface area (Å²) in [7, 11) is 0. The molecule has 0 radical (unpaired) electrons. The van der Waals surface area contributed by atoms with Gasteiger partial charge in [0.1, 0.15) is 0 Å². The summed E-state index contributed by atoms with van der Waals surface area (Å²) in [5.74, 6) is 5.80. The van der Waals surface area contributed by atoms with Crippen molar-refractivity contribution < 1.29 is 0 Å². The van der Waals surface area contributed by atoms with Crippen molar-refractivity contribution in [3.63, 3.8) is 0 Å². The molecule has 0 aliphatic carbocycles. The van der Waals surface area contributed by atoms with Crippen molar-refractivity contribution in [1.82, 2.24) is 9.97 Å². The number of benzene rings is 1. The third-order valence-corrected chi connectivity index (χ3v) is 2.65. The van der Waals surface area contributed by atoms with Crippen molar-refractivity contribution in [3.05, 3.63) is 41.1 Å². The largest absolute Gasteiger partial charge is 0.292 e. The third kappa shape index (κ3) is 2.42. The lowest BCUT2D eigenvalue weighted by Crippen LogP contribution is -2.11. The van der Waals surface area contributed by atoms with E-state index in [1.165, 1.54) is 11.1 Å². The predicted octanol–water partition coefficient (Wildman–Crippen LogP) is 2.35. The molecule has 0 fully saturated rings. The van der Waals surface area contributed by atoms with E-state index in [9.17, 15) is 0 Å². The van der Waals surface area contributed by atoms with E-state index in [2.05, 4.69) is 47.4 Å². The Labute approximate surface area is 101 Å². The average molecular weight is 228 g/mol. The van der Waals surface area contributed by atoms with Crippen LogP contribution < -0.4 is 11.3 Å². The van der Waals surface area contributed by atoms with Crippen LogP contribution in [0, 0.1) is 20.8 Å². The molecule has 0 saturated carbocycles. The van der Waals surface area contributed by atoms with Crippen molar-refractivity contribution in [2.45, 2.75) is 20.8 Å². The highest BCUT2D eigenvalue weighted by Gasteiger charge is 2.06. The molecule has 1 aromatic heterocycles. The summed E-state index contributed by atoms with van der Waals surface area (Å²) in [6.45, 7) is 6.07. The number of aromatic nitrogens is 2. The molecule has 2 aromatic rings. The third-order valence-electron chi connectivity index (χ3n) is 2.65. The summed E-state index contributed by atoms with van der Waals surface area (Å²) in [6, 6.07) is 8.27. The van der Waals surface area contributed by atoms with Gasteiger partial charge in [-0.25, -0.2) is 15.8 Å². The second-order valence-electron chi connectivity index (χ2n) is 4.18. The molecule has 0 spiro atoms. The predicted molar refractivity (Wildman–Crippen MR) is 69.5 cm³/mol. The number of hydrogen-bond donors (Lipinski definition) is 2. The summed E-state index contributed by atoms with van der Waals surface area (Å²) in [5.41, 5.74) is 7.80. The van der Waals surface area contributed by atoms with Crippen LogP contribution in [0.1, 0.15) is 16.8 Å². The first-order chi connectivity index (χ1) is 8.10. The smallest absolute Gasteiger partial charge is 0.237 e. The van der Waals surface area contributed by atoms with Crippen molar-refractivity contribution >= 4 is 5.95 Å². The van der Waals surface area contributed by atoms with Crippen LogP contribution in [0.15, 0.2) is 24.3 Å². The lowest BCUT2D eigenvalue weighted by atomic mass is 10.0. The van der Waals surface area contributed by atoms with E-state index in [4.69, 9.17) is 5.84 Å². The van der Waals surface area contributed by atoms with Crippen LogP contribution >= 0.6 is 0 Å². The highest BCUT2D eigenvalue weighted by Crippen LogP contribution is 2.23. The number of nitrogen functional groups attached to an aromatic ring is 1. The van der Waals surface area contributed by atoms with Crippen molar-refractivity contribution in [2.24, 2.45) is 5.84 Å². The number of hydrazine groups is 1. The Hall–Kier alpha value is -1.94. The number of anilines is 1. The molecular weight excluding hydrogens is 212 g/mol. The second-order valence-corrected chi connectivity index (χ2v) is 4.18. The van der Waals surface area contributed by atoms with Gasteiger partial charge in [-0.1, -0.05) is 17.7 Å². The fraction of sp³-hybridized carbons (Fsp3) is 0.231. The van der Waals surface area contributed by atoms with Gasteiger partial charge in [-0.15, -0.1) is 0 Å². The molecule has 0 aliphatic rings. The van der Waals surface area contributed by atoms with Gasteiger partial charge >= 0.3 is 0 Å². The normalized spacial score (nSPS) is 10.4. The molecule has 2 rings (SSSR count). The number of rotatable bonds is 2. The molecule has 1 aromatic carbocycles. The first kappa shape index (κ1) is 11.5. The Morgan fingerprint density at radius 3 is 2.53 bits per heavy atom. The zero-order valence-corrected chi connectivity index (χ0v) is 10.3. The fourth-order valence-corrected chi connectivity index (χ4v) is 1.78. The minimum absolute atomic E-state index is 0.445. The highest BCUT2D eigenvalue weighted by molar-refractivity contribution is 5.65. The highest BCUT2D eigenvalue weighted by atomic mass is 15.3. The first-order valence-corrected chi connectivity index (χ1v) is 5.50.